The van der Waals surface area contributed by atoms with Crippen LogP contribution in [0.1, 0.15) is 20.8 Å². The van der Waals surface area contributed by atoms with Crippen molar-refractivity contribution in [3.63, 3.8) is 0 Å². The molecule has 7 heteroatoms. The first-order chi connectivity index (χ1) is 7.26. The molecule has 3 atom stereocenters. The molecule has 1 saturated heterocycles. The lowest BCUT2D eigenvalue weighted by molar-refractivity contribution is -0.0171. The second-order valence-corrected chi connectivity index (χ2v) is 6.83. The number of rotatable bonds is 3. The molecule has 0 amide bonds. The van der Waals surface area contributed by atoms with E-state index in [-0.39, 0.29) is 17.1 Å². The molecule has 5 nitrogen and oxygen atoms in total. The molecule has 1 heterocycles. The zero-order valence-electron chi connectivity index (χ0n) is 9.71. The largest absolute Gasteiger partial charge is 0.392 e. The van der Waals surface area contributed by atoms with Gasteiger partial charge in [-0.05, 0) is 20.8 Å². The second kappa shape index (κ2) is 4.95. The van der Waals surface area contributed by atoms with Crippen LogP contribution < -0.4 is 5.73 Å². The van der Waals surface area contributed by atoms with Gasteiger partial charge in [-0.1, -0.05) is 12.2 Å². The van der Waals surface area contributed by atoms with Crippen LogP contribution in [0.4, 0.5) is 0 Å². The summed E-state index contributed by atoms with van der Waals surface area (Å²) in [5.74, 6) is 0. The number of morpholine rings is 1. The highest BCUT2D eigenvalue weighted by atomic mass is 32.2. The second-order valence-electron chi connectivity index (χ2n) is 4.15. The highest BCUT2D eigenvalue weighted by Gasteiger charge is 2.37. The topological polar surface area (TPSA) is 72.6 Å². The van der Waals surface area contributed by atoms with Gasteiger partial charge < -0.3 is 10.5 Å². The Morgan fingerprint density at radius 3 is 2.62 bits per heavy atom. The van der Waals surface area contributed by atoms with Gasteiger partial charge in [0.1, 0.15) is 5.25 Å². The summed E-state index contributed by atoms with van der Waals surface area (Å²) in [6.07, 6.45) is -0.0930. The molecule has 0 spiro atoms. The fraction of sp³-hybridized carbons (Fsp3) is 0.889. The highest BCUT2D eigenvalue weighted by Crippen LogP contribution is 2.19. The van der Waals surface area contributed by atoms with Gasteiger partial charge in [0.2, 0.25) is 10.0 Å². The number of sulfonamides is 1. The van der Waals surface area contributed by atoms with Crippen molar-refractivity contribution >= 4 is 27.2 Å². The molecule has 1 rings (SSSR count). The van der Waals surface area contributed by atoms with Crippen molar-refractivity contribution < 1.29 is 13.2 Å². The Labute approximate surface area is 102 Å². The predicted octanol–water partition coefficient (Wildman–Crippen LogP) is 0.100. The minimum absolute atomic E-state index is 0.00587. The van der Waals surface area contributed by atoms with Gasteiger partial charge in [0.05, 0.1) is 17.7 Å². The summed E-state index contributed by atoms with van der Waals surface area (Å²) in [6.45, 7) is 5.95. The average Bonchev–Trinajstić information content (AvgIpc) is 2.20. The lowest BCUT2D eigenvalue weighted by atomic mass is 10.2. The molecule has 0 bridgehead atoms. The van der Waals surface area contributed by atoms with Crippen molar-refractivity contribution in [2.75, 3.05) is 13.2 Å². The molecule has 0 saturated carbocycles. The minimum atomic E-state index is -3.46. The number of hydrogen-bond donors (Lipinski definition) is 1. The first kappa shape index (κ1) is 13.8. The Morgan fingerprint density at radius 2 is 2.12 bits per heavy atom. The molecule has 16 heavy (non-hydrogen) atoms. The molecule has 1 fully saturated rings. The number of nitrogens with zero attached hydrogens (tertiary/aromatic N) is 1. The lowest BCUT2D eigenvalue weighted by Gasteiger charge is -2.37. The zero-order valence-corrected chi connectivity index (χ0v) is 11.3. The summed E-state index contributed by atoms with van der Waals surface area (Å²) in [5.41, 5.74) is 5.40. The molecule has 1 aliphatic heterocycles. The summed E-state index contributed by atoms with van der Waals surface area (Å²) in [7, 11) is -3.46. The van der Waals surface area contributed by atoms with Crippen LogP contribution in [-0.2, 0) is 14.8 Å². The van der Waals surface area contributed by atoms with E-state index in [9.17, 15) is 8.42 Å². The average molecular weight is 266 g/mol. The van der Waals surface area contributed by atoms with E-state index in [1.54, 1.807) is 0 Å². The van der Waals surface area contributed by atoms with Crippen LogP contribution >= 0.6 is 12.2 Å². The maximum absolute atomic E-state index is 12.2. The summed E-state index contributed by atoms with van der Waals surface area (Å²) in [5, 5.41) is -0.824. The summed E-state index contributed by atoms with van der Waals surface area (Å²) in [6, 6.07) is -0.169. The summed E-state index contributed by atoms with van der Waals surface area (Å²) in [4.78, 5) is 0.00587. The Balaban J connectivity index is 2.93. The Kier molecular flexibility index (Phi) is 4.28. The molecular weight excluding hydrogens is 248 g/mol. The Hall–Kier alpha value is -0.240. The van der Waals surface area contributed by atoms with E-state index in [0.717, 1.165) is 0 Å². The molecule has 3 unspecified atom stereocenters. The third-order valence-corrected chi connectivity index (χ3v) is 5.54. The van der Waals surface area contributed by atoms with Gasteiger partial charge in [-0.15, -0.1) is 0 Å². The van der Waals surface area contributed by atoms with E-state index in [0.29, 0.717) is 13.2 Å². The van der Waals surface area contributed by atoms with Crippen LogP contribution in [0.15, 0.2) is 0 Å². The molecular formula is C9H18N2O3S2. The molecule has 0 aromatic rings. The molecule has 0 aliphatic carbocycles. The molecule has 0 aromatic carbocycles. The van der Waals surface area contributed by atoms with Crippen LogP contribution in [0.25, 0.3) is 0 Å². The maximum Gasteiger partial charge on any atom is 0.223 e. The SMILES string of the molecule is CC1CN(S(=O)(=O)C(C)C(N)=S)C(C)CO1. The van der Waals surface area contributed by atoms with Gasteiger partial charge in [-0.25, -0.2) is 8.42 Å². The third kappa shape index (κ3) is 2.71. The number of ether oxygens (including phenoxy) is 1. The van der Waals surface area contributed by atoms with Crippen molar-refractivity contribution in [3.8, 4) is 0 Å². The van der Waals surface area contributed by atoms with E-state index in [1.165, 1.54) is 11.2 Å². The third-order valence-electron chi connectivity index (χ3n) is 2.72. The van der Waals surface area contributed by atoms with Gasteiger partial charge >= 0.3 is 0 Å². The number of hydrogen-bond acceptors (Lipinski definition) is 4. The standard InChI is InChI=1S/C9H18N2O3S2/c1-6-5-14-7(2)4-11(6)16(12,13)8(3)9(10)15/h6-8H,4-5H2,1-3H3,(H2,10,15). The van der Waals surface area contributed by atoms with Crippen LogP contribution in [0.5, 0.6) is 0 Å². The van der Waals surface area contributed by atoms with E-state index in [2.05, 4.69) is 0 Å². The monoisotopic (exact) mass is 266 g/mol. The van der Waals surface area contributed by atoms with Gasteiger partial charge in [0.15, 0.2) is 0 Å². The zero-order chi connectivity index (χ0) is 12.5. The van der Waals surface area contributed by atoms with E-state index in [1.807, 2.05) is 13.8 Å². The van der Waals surface area contributed by atoms with E-state index < -0.39 is 15.3 Å². The predicted molar refractivity (Wildman–Crippen MR) is 66.7 cm³/mol. The van der Waals surface area contributed by atoms with Gasteiger partial charge in [0, 0.05) is 12.6 Å². The molecule has 0 aromatic heterocycles. The summed E-state index contributed by atoms with van der Waals surface area (Å²) >= 11 is 4.74. The molecule has 0 radical (unpaired) electrons. The van der Waals surface area contributed by atoms with Crippen LogP contribution in [-0.4, -0.2) is 48.3 Å². The molecule has 2 N–H and O–H groups in total. The summed E-state index contributed by atoms with van der Waals surface area (Å²) < 4.78 is 31.2. The quantitative estimate of drug-likeness (QED) is 0.734. The van der Waals surface area contributed by atoms with E-state index >= 15 is 0 Å². The fourth-order valence-electron chi connectivity index (χ4n) is 1.58. The smallest absolute Gasteiger partial charge is 0.223 e. The Bertz CT molecular complexity index is 369. The normalized spacial score (nSPS) is 29.9. The van der Waals surface area contributed by atoms with Crippen LogP contribution in [0, 0.1) is 0 Å². The number of thiocarbonyl (C=S) groups is 1. The van der Waals surface area contributed by atoms with Crippen molar-refractivity contribution in [3.05, 3.63) is 0 Å². The lowest BCUT2D eigenvalue weighted by Crippen LogP contribution is -2.54. The van der Waals surface area contributed by atoms with Crippen molar-refractivity contribution in [1.82, 2.24) is 4.31 Å². The van der Waals surface area contributed by atoms with Gasteiger partial charge in [-0.2, -0.15) is 4.31 Å². The first-order valence-electron chi connectivity index (χ1n) is 5.18. The minimum Gasteiger partial charge on any atom is -0.392 e. The molecule has 1 aliphatic rings. The molecule has 94 valence electrons. The number of nitrogens with two attached hydrogens (primary N) is 1. The van der Waals surface area contributed by atoms with Gasteiger partial charge in [-0.3, -0.25) is 0 Å². The maximum atomic E-state index is 12.2. The van der Waals surface area contributed by atoms with Gasteiger partial charge in [0.25, 0.3) is 0 Å². The van der Waals surface area contributed by atoms with Crippen molar-refractivity contribution in [2.45, 2.75) is 38.2 Å². The van der Waals surface area contributed by atoms with Crippen molar-refractivity contribution in [1.29, 1.82) is 0 Å². The Morgan fingerprint density at radius 1 is 1.56 bits per heavy atom. The van der Waals surface area contributed by atoms with Crippen LogP contribution in [0.2, 0.25) is 0 Å². The first-order valence-corrected chi connectivity index (χ1v) is 7.09. The van der Waals surface area contributed by atoms with Crippen molar-refractivity contribution in [2.24, 2.45) is 5.73 Å². The highest BCUT2D eigenvalue weighted by molar-refractivity contribution is 7.92. The van der Waals surface area contributed by atoms with Crippen LogP contribution in [0.3, 0.4) is 0 Å². The fourth-order valence-corrected chi connectivity index (χ4v) is 3.62. The van der Waals surface area contributed by atoms with E-state index in [4.69, 9.17) is 22.7 Å².